The number of nitrogens with zero attached hydrogens (tertiary/aromatic N) is 2. The minimum atomic E-state index is 0.122. The molecular weight excluding hydrogens is 366 g/mol. The number of nitrogens with two attached hydrogens (primary N) is 1. The van der Waals surface area contributed by atoms with Crippen LogP contribution in [0.25, 0.3) is 0 Å². The molecule has 0 fully saturated rings. The van der Waals surface area contributed by atoms with E-state index in [2.05, 4.69) is 35.0 Å². The Bertz CT molecular complexity index is 908. The van der Waals surface area contributed by atoms with E-state index in [1.54, 1.807) is 0 Å². The van der Waals surface area contributed by atoms with Crippen LogP contribution in [0.5, 0.6) is 5.75 Å². The van der Waals surface area contributed by atoms with Crippen molar-refractivity contribution in [3.63, 3.8) is 0 Å². The first-order valence-corrected chi connectivity index (χ1v) is 9.93. The Morgan fingerprint density at radius 3 is 2.43 bits per heavy atom. The molecule has 2 N–H and O–H groups in total. The summed E-state index contributed by atoms with van der Waals surface area (Å²) in [5.41, 5.74) is 11.6. The van der Waals surface area contributed by atoms with Gasteiger partial charge in [-0.05, 0) is 62.2 Å². The predicted octanol–water partition coefficient (Wildman–Crippen LogP) is 4.10. The maximum atomic E-state index is 6.06. The topological polar surface area (TPSA) is 50.9 Å². The van der Waals surface area contributed by atoms with Crippen LogP contribution >= 0.6 is 12.2 Å². The fraction of sp³-hybridized carbons (Fsp3) is 0.304. The first kappa shape index (κ1) is 20.2. The highest BCUT2D eigenvalue weighted by atomic mass is 32.1. The van der Waals surface area contributed by atoms with Gasteiger partial charge in [0.05, 0.1) is 0 Å². The van der Waals surface area contributed by atoms with Crippen molar-refractivity contribution in [1.29, 1.82) is 0 Å². The van der Waals surface area contributed by atoms with Crippen molar-refractivity contribution in [3.8, 4) is 5.75 Å². The zero-order valence-corrected chi connectivity index (χ0v) is 17.6. The molecule has 0 amide bonds. The molecule has 0 spiro atoms. The molecule has 3 rings (SSSR count). The summed E-state index contributed by atoms with van der Waals surface area (Å²) in [5.74, 6) is 1.09. The van der Waals surface area contributed by atoms with Gasteiger partial charge in [0.2, 0.25) is 0 Å². The Morgan fingerprint density at radius 2 is 1.75 bits per heavy atom. The molecular formula is C23H27N3OS. The smallest absolute Gasteiger partial charge is 0.290 e. The summed E-state index contributed by atoms with van der Waals surface area (Å²) < 4.78 is 5.82. The molecule has 2 aromatic carbocycles. The van der Waals surface area contributed by atoms with Gasteiger partial charge < -0.3 is 10.5 Å². The summed E-state index contributed by atoms with van der Waals surface area (Å²) in [7, 11) is 0. The number of benzene rings is 2. The van der Waals surface area contributed by atoms with Gasteiger partial charge in [0.1, 0.15) is 11.6 Å². The Hall–Kier alpha value is -2.50. The predicted molar refractivity (Wildman–Crippen MR) is 120 cm³/mol. The quantitative estimate of drug-likeness (QED) is 0.360. The van der Waals surface area contributed by atoms with Gasteiger partial charge in [0.25, 0.3) is 5.17 Å². The van der Waals surface area contributed by atoms with Crippen LogP contribution in [0.1, 0.15) is 27.8 Å². The Balaban J connectivity index is 1.66. The van der Waals surface area contributed by atoms with Crippen molar-refractivity contribution in [1.82, 2.24) is 4.90 Å². The number of aryl methyl sites for hydroxylation is 3. The average molecular weight is 394 g/mol. The van der Waals surface area contributed by atoms with Crippen LogP contribution in [0.4, 0.5) is 0 Å². The second-order valence-electron chi connectivity index (χ2n) is 7.26. The van der Waals surface area contributed by atoms with Crippen molar-refractivity contribution in [2.75, 3.05) is 19.6 Å². The maximum Gasteiger partial charge on any atom is 0.290 e. The zero-order chi connectivity index (χ0) is 20.1. The van der Waals surface area contributed by atoms with Gasteiger partial charge >= 0.3 is 0 Å². The Kier molecular flexibility index (Phi) is 6.60. The second-order valence-corrected chi connectivity index (χ2v) is 7.61. The molecule has 5 heteroatoms. The Labute approximate surface area is 172 Å². The molecule has 1 heterocycles. The minimum absolute atomic E-state index is 0.122. The first-order valence-electron chi connectivity index (χ1n) is 9.53. The molecule has 1 aliphatic heterocycles. The summed E-state index contributed by atoms with van der Waals surface area (Å²) in [4.78, 5) is 6.67. The molecule has 0 aliphatic carbocycles. The van der Waals surface area contributed by atoms with E-state index in [0.29, 0.717) is 5.84 Å². The van der Waals surface area contributed by atoms with Crippen molar-refractivity contribution < 1.29 is 4.74 Å². The molecule has 0 aromatic heterocycles. The monoisotopic (exact) mass is 393 g/mol. The van der Waals surface area contributed by atoms with E-state index >= 15 is 0 Å². The normalized spacial score (nSPS) is 14.5. The van der Waals surface area contributed by atoms with E-state index in [1.807, 2.05) is 44.2 Å². The van der Waals surface area contributed by atoms with Gasteiger partial charge in [-0.15, -0.1) is 0 Å². The number of thiocarbonyl (C=S) groups is 1. The van der Waals surface area contributed by atoms with Crippen LogP contribution in [-0.2, 0) is 6.42 Å². The fourth-order valence-corrected chi connectivity index (χ4v) is 3.40. The highest BCUT2D eigenvalue weighted by Crippen LogP contribution is 2.24. The molecule has 0 radical (unpaired) electrons. The first-order chi connectivity index (χ1) is 13.4. The third kappa shape index (κ3) is 5.27. The number of amidine groups is 1. The van der Waals surface area contributed by atoms with Gasteiger partial charge in [-0.2, -0.15) is 4.99 Å². The van der Waals surface area contributed by atoms with Gasteiger partial charge in [0, 0.05) is 25.2 Å². The minimum Gasteiger partial charge on any atom is -0.430 e. The van der Waals surface area contributed by atoms with Crippen molar-refractivity contribution in [2.45, 2.75) is 27.2 Å². The van der Waals surface area contributed by atoms with Crippen LogP contribution in [0.3, 0.4) is 0 Å². The summed E-state index contributed by atoms with van der Waals surface area (Å²) in [6.45, 7) is 9.33. The number of hydrogen-bond acceptors (Lipinski definition) is 3. The lowest BCUT2D eigenvalue weighted by Gasteiger charge is -2.17. The molecule has 1 aliphatic rings. The van der Waals surface area contributed by atoms with Crippen molar-refractivity contribution in [3.05, 3.63) is 76.4 Å². The van der Waals surface area contributed by atoms with E-state index in [1.165, 1.54) is 16.7 Å². The van der Waals surface area contributed by atoms with E-state index in [9.17, 15) is 0 Å². The van der Waals surface area contributed by atoms with Crippen molar-refractivity contribution in [2.24, 2.45) is 10.7 Å². The summed E-state index contributed by atoms with van der Waals surface area (Å²) >= 11 is 5.29. The number of rotatable bonds is 5. The third-order valence-corrected chi connectivity index (χ3v) is 5.16. The lowest BCUT2D eigenvalue weighted by molar-refractivity contribution is 0.357. The molecule has 4 nitrogen and oxygen atoms in total. The molecule has 0 saturated carbocycles. The lowest BCUT2D eigenvalue weighted by Crippen LogP contribution is -2.23. The standard InChI is InChI=1S/C23H27N3OS/c1-16-6-8-19(9-7-16)22(24)25-23(28)27-21-15-17(2)20(14-18(21)3)10-13-26-11-4-5-12-26/h4-9,14-15H,10-13H2,1-3H3,(H2,24,25,28). The molecule has 2 aromatic rings. The molecule has 146 valence electrons. The average Bonchev–Trinajstić information content (AvgIpc) is 3.17. The van der Waals surface area contributed by atoms with Gasteiger partial charge in [-0.25, -0.2) is 0 Å². The van der Waals surface area contributed by atoms with E-state index < -0.39 is 0 Å². The molecule has 0 atom stereocenters. The van der Waals surface area contributed by atoms with Crippen LogP contribution in [-0.4, -0.2) is 35.5 Å². The molecule has 0 saturated heterocycles. The van der Waals surface area contributed by atoms with Gasteiger partial charge in [-0.1, -0.05) is 48.0 Å². The molecule has 0 unspecified atom stereocenters. The highest BCUT2D eigenvalue weighted by molar-refractivity contribution is 7.80. The number of hydrogen-bond donors (Lipinski definition) is 1. The van der Waals surface area contributed by atoms with Gasteiger partial charge in [-0.3, -0.25) is 4.90 Å². The van der Waals surface area contributed by atoms with Crippen molar-refractivity contribution >= 4 is 23.2 Å². The van der Waals surface area contributed by atoms with E-state index in [0.717, 1.165) is 42.9 Å². The number of ether oxygens (including phenoxy) is 1. The fourth-order valence-electron chi connectivity index (χ4n) is 3.22. The van der Waals surface area contributed by atoms with E-state index in [-0.39, 0.29) is 5.17 Å². The molecule has 28 heavy (non-hydrogen) atoms. The second kappa shape index (κ2) is 9.13. The van der Waals surface area contributed by atoms with Crippen LogP contribution < -0.4 is 10.5 Å². The zero-order valence-electron chi connectivity index (χ0n) is 16.7. The molecule has 0 bridgehead atoms. The van der Waals surface area contributed by atoms with Crippen LogP contribution in [0, 0.1) is 20.8 Å². The third-order valence-electron chi connectivity index (χ3n) is 4.98. The van der Waals surface area contributed by atoms with Gasteiger partial charge in [0.15, 0.2) is 0 Å². The summed E-state index contributed by atoms with van der Waals surface area (Å²) in [6, 6.07) is 12.1. The summed E-state index contributed by atoms with van der Waals surface area (Å²) in [5, 5.41) is 0.122. The Morgan fingerprint density at radius 1 is 1.07 bits per heavy atom. The maximum absolute atomic E-state index is 6.06. The van der Waals surface area contributed by atoms with Crippen LogP contribution in [0.2, 0.25) is 0 Å². The van der Waals surface area contributed by atoms with Crippen LogP contribution in [0.15, 0.2) is 53.5 Å². The number of aliphatic imine (C=N–C) groups is 1. The lowest BCUT2D eigenvalue weighted by atomic mass is 10.0. The summed E-state index contributed by atoms with van der Waals surface area (Å²) in [6.07, 6.45) is 5.47. The van der Waals surface area contributed by atoms with E-state index in [4.69, 9.17) is 22.7 Å². The largest absolute Gasteiger partial charge is 0.430 e. The SMILES string of the molecule is Cc1ccc(C(N)=NC(=S)Oc2cc(C)c(CCN3CC=CC3)cc2C)cc1. The highest BCUT2D eigenvalue weighted by Gasteiger charge is 2.11.